The van der Waals surface area contributed by atoms with Crippen molar-refractivity contribution < 1.29 is 17.9 Å². The summed E-state index contributed by atoms with van der Waals surface area (Å²) in [4.78, 5) is 17.1. The lowest BCUT2D eigenvalue weighted by molar-refractivity contribution is -0.0457. The molecule has 0 saturated carbocycles. The van der Waals surface area contributed by atoms with Crippen molar-refractivity contribution in [3.05, 3.63) is 28.5 Å². The van der Waals surface area contributed by atoms with Crippen molar-refractivity contribution in [2.24, 2.45) is 0 Å². The standard InChI is InChI=1S/C16H24N4O4S2/c1-12-10-20(11-13(2)24-12)26(22,23)19-8-6-18(7-9-19)16(21)14-4-3-5-17-15(14)25/h3-5,12-13H,6-11H2,1-2H3,(H,17,25)/t12-,13+. The van der Waals surface area contributed by atoms with E-state index in [0.29, 0.717) is 36.4 Å². The second-order valence-electron chi connectivity index (χ2n) is 6.69. The van der Waals surface area contributed by atoms with E-state index < -0.39 is 10.2 Å². The number of amides is 1. The molecule has 10 heteroatoms. The van der Waals surface area contributed by atoms with Crippen LogP contribution in [-0.2, 0) is 14.9 Å². The van der Waals surface area contributed by atoms with Gasteiger partial charge in [0, 0.05) is 45.5 Å². The molecule has 26 heavy (non-hydrogen) atoms. The third kappa shape index (κ3) is 3.99. The summed E-state index contributed by atoms with van der Waals surface area (Å²) >= 11 is 5.16. The number of hydrogen-bond acceptors (Lipinski definition) is 5. The number of ether oxygens (including phenoxy) is 1. The minimum absolute atomic E-state index is 0.129. The highest BCUT2D eigenvalue weighted by Crippen LogP contribution is 2.19. The fourth-order valence-corrected chi connectivity index (χ4v) is 5.34. The van der Waals surface area contributed by atoms with E-state index in [4.69, 9.17) is 17.0 Å². The van der Waals surface area contributed by atoms with Gasteiger partial charge in [-0.2, -0.15) is 17.0 Å². The summed E-state index contributed by atoms with van der Waals surface area (Å²) in [5.74, 6) is -0.169. The second kappa shape index (κ2) is 7.73. The molecule has 2 atom stereocenters. The van der Waals surface area contributed by atoms with Crippen LogP contribution in [0.15, 0.2) is 18.3 Å². The summed E-state index contributed by atoms with van der Waals surface area (Å²) in [5, 5.41) is 0. The van der Waals surface area contributed by atoms with Crippen molar-refractivity contribution in [3.8, 4) is 0 Å². The third-order valence-electron chi connectivity index (χ3n) is 4.61. The summed E-state index contributed by atoms with van der Waals surface area (Å²) in [6.45, 7) is 5.69. The Kier molecular flexibility index (Phi) is 5.78. The molecule has 2 aliphatic heterocycles. The minimum Gasteiger partial charge on any atom is -0.373 e. The van der Waals surface area contributed by atoms with Gasteiger partial charge in [0.2, 0.25) is 0 Å². The fourth-order valence-electron chi connectivity index (χ4n) is 3.36. The van der Waals surface area contributed by atoms with Crippen LogP contribution in [0.4, 0.5) is 0 Å². The van der Waals surface area contributed by atoms with Crippen LogP contribution in [0.25, 0.3) is 0 Å². The third-order valence-corrected chi connectivity index (χ3v) is 6.92. The highest BCUT2D eigenvalue weighted by Gasteiger charge is 2.37. The number of morpholine rings is 1. The van der Waals surface area contributed by atoms with Crippen molar-refractivity contribution in [3.63, 3.8) is 0 Å². The zero-order valence-electron chi connectivity index (χ0n) is 14.9. The molecule has 1 amide bonds. The summed E-state index contributed by atoms with van der Waals surface area (Å²) in [7, 11) is -3.55. The molecular formula is C16H24N4O4S2. The number of rotatable bonds is 3. The Labute approximate surface area is 158 Å². The van der Waals surface area contributed by atoms with Crippen molar-refractivity contribution >= 4 is 28.3 Å². The molecular weight excluding hydrogens is 376 g/mol. The highest BCUT2D eigenvalue weighted by molar-refractivity contribution is 7.86. The first-order valence-electron chi connectivity index (χ1n) is 8.66. The molecule has 3 rings (SSSR count). The first-order chi connectivity index (χ1) is 12.3. The van der Waals surface area contributed by atoms with Crippen LogP contribution < -0.4 is 0 Å². The van der Waals surface area contributed by atoms with Crippen LogP contribution in [0.3, 0.4) is 0 Å². The van der Waals surface area contributed by atoms with Crippen molar-refractivity contribution in [2.45, 2.75) is 26.1 Å². The van der Waals surface area contributed by atoms with Crippen molar-refractivity contribution in [1.29, 1.82) is 0 Å². The van der Waals surface area contributed by atoms with Gasteiger partial charge >= 0.3 is 0 Å². The van der Waals surface area contributed by atoms with Crippen LogP contribution >= 0.6 is 12.2 Å². The Morgan fingerprint density at radius 2 is 1.77 bits per heavy atom. The van der Waals surface area contributed by atoms with E-state index in [1.54, 1.807) is 23.2 Å². The molecule has 0 unspecified atom stereocenters. The molecule has 0 radical (unpaired) electrons. The molecule has 1 N–H and O–H groups in total. The molecule has 2 saturated heterocycles. The number of carbonyl (C=O) groups is 1. The van der Waals surface area contributed by atoms with Gasteiger partial charge in [-0.1, -0.05) is 12.2 Å². The topological polar surface area (TPSA) is 86.0 Å². The molecule has 0 bridgehead atoms. The molecule has 0 aliphatic carbocycles. The maximum atomic E-state index is 12.9. The van der Waals surface area contributed by atoms with Crippen LogP contribution in [0.2, 0.25) is 0 Å². The second-order valence-corrected chi connectivity index (χ2v) is 9.02. The number of hydrogen-bond donors (Lipinski definition) is 1. The van der Waals surface area contributed by atoms with E-state index in [1.807, 2.05) is 13.8 Å². The predicted molar refractivity (Wildman–Crippen MR) is 99.6 cm³/mol. The number of nitrogens with zero attached hydrogens (tertiary/aromatic N) is 3. The zero-order chi connectivity index (χ0) is 18.9. The van der Waals surface area contributed by atoms with Gasteiger partial charge in [0.05, 0.1) is 17.8 Å². The van der Waals surface area contributed by atoms with Crippen LogP contribution in [0, 0.1) is 4.64 Å². The fraction of sp³-hybridized carbons (Fsp3) is 0.625. The Morgan fingerprint density at radius 1 is 1.15 bits per heavy atom. The lowest BCUT2D eigenvalue weighted by Gasteiger charge is -2.40. The molecule has 1 aromatic heterocycles. The van der Waals surface area contributed by atoms with Gasteiger partial charge in [-0.15, -0.1) is 0 Å². The van der Waals surface area contributed by atoms with E-state index in [0.717, 1.165) is 0 Å². The number of aromatic nitrogens is 1. The molecule has 1 aromatic rings. The van der Waals surface area contributed by atoms with E-state index in [1.165, 1.54) is 8.61 Å². The van der Waals surface area contributed by atoms with E-state index in [2.05, 4.69) is 4.98 Å². The van der Waals surface area contributed by atoms with Crippen LogP contribution in [0.1, 0.15) is 24.2 Å². The zero-order valence-corrected chi connectivity index (χ0v) is 16.6. The molecule has 0 aromatic carbocycles. The van der Waals surface area contributed by atoms with Gasteiger partial charge < -0.3 is 14.6 Å². The first-order valence-corrected chi connectivity index (χ1v) is 10.5. The Hall–Kier alpha value is -1.33. The number of carbonyl (C=O) groups excluding carboxylic acids is 1. The monoisotopic (exact) mass is 400 g/mol. The maximum absolute atomic E-state index is 12.9. The van der Waals surface area contributed by atoms with E-state index in [9.17, 15) is 13.2 Å². The van der Waals surface area contributed by atoms with Crippen LogP contribution in [-0.4, -0.2) is 84.3 Å². The quantitative estimate of drug-likeness (QED) is 0.761. The summed E-state index contributed by atoms with van der Waals surface area (Å²) in [5.41, 5.74) is 0.439. The SMILES string of the molecule is C[C@@H]1CN(S(=O)(=O)N2CCN(C(=O)c3ccc[nH]c3=S)CC2)C[C@H](C)O1. The largest absolute Gasteiger partial charge is 0.373 e. The maximum Gasteiger partial charge on any atom is 0.282 e. The summed E-state index contributed by atoms with van der Waals surface area (Å²) in [6, 6.07) is 3.41. The van der Waals surface area contributed by atoms with Gasteiger partial charge in [-0.05, 0) is 26.0 Å². The Balaban J connectivity index is 1.65. The summed E-state index contributed by atoms with van der Waals surface area (Å²) in [6.07, 6.45) is 1.42. The molecule has 0 spiro atoms. The molecule has 3 heterocycles. The van der Waals surface area contributed by atoms with Crippen LogP contribution in [0.5, 0.6) is 0 Å². The van der Waals surface area contributed by atoms with Crippen molar-refractivity contribution in [1.82, 2.24) is 18.5 Å². The molecule has 2 fully saturated rings. The van der Waals surface area contributed by atoms with Gasteiger partial charge in [-0.25, -0.2) is 0 Å². The lowest BCUT2D eigenvalue weighted by Crippen LogP contribution is -2.57. The Morgan fingerprint density at radius 3 is 2.35 bits per heavy atom. The molecule has 8 nitrogen and oxygen atoms in total. The summed E-state index contributed by atoms with van der Waals surface area (Å²) < 4.78 is 34.8. The van der Waals surface area contributed by atoms with Gasteiger partial charge in [0.15, 0.2) is 0 Å². The Bertz CT molecular complexity index is 808. The van der Waals surface area contributed by atoms with E-state index >= 15 is 0 Å². The van der Waals surface area contributed by atoms with E-state index in [-0.39, 0.29) is 31.2 Å². The predicted octanol–water partition coefficient (Wildman–Crippen LogP) is 0.856. The molecule has 2 aliphatic rings. The number of piperazine rings is 1. The number of aromatic amines is 1. The smallest absolute Gasteiger partial charge is 0.282 e. The molecule has 144 valence electrons. The number of nitrogens with one attached hydrogen (secondary N) is 1. The number of H-pyrrole nitrogens is 1. The van der Waals surface area contributed by atoms with Crippen molar-refractivity contribution in [2.75, 3.05) is 39.3 Å². The first kappa shape index (κ1) is 19.4. The lowest BCUT2D eigenvalue weighted by atomic mass is 10.2. The number of pyridine rings is 1. The average molecular weight is 401 g/mol. The highest BCUT2D eigenvalue weighted by atomic mass is 32.2. The van der Waals surface area contributed by atoms with Gasteiger partial charge in [0.25, 0.3) is 16.1 Å². The minimum atomic E-state index is -3.55. The van der Waals surface area contributed by atoms with Gasteiger partial charge in [-0.3, -0.25) is 4.79 Å². The van der Waals surface area contributed by atoms with Gasteiger partial charge in [0.1, 0.15) is 4.64 Å². The average Bonchev–Trinajstić information content (AvgIpc) is 2.61. The normalized spacial score (nSPS) is 26.0.